The Morgan fingerprint density at radius 2 is 1.67 bits per heavy atom. The van der Waals surface area contributed by atoms with Gasteiger partial charge >= 0.3 is 0 Å². The van der Waals surface area contributed by atoms with Crippen molar-refractivity contribution in [2.24, 2.45) is 0 Å². The number of benzene rings is 1. The highest BCUT2D eigenvalue weighted by Gasteiger charge is 2.06. The van der Waals surface area contributed by atoms with Crippen molar-refractivity contribution in [3.05, 3.63) is 60.4 Å². The van der Waals surface area contributed by atoms with Gasteiger partial charge in [-0.3, -0.25) is 9.54 Å². The number of aryl methyl sites for hydroxylation is 1. The molecule has 0 aliphatic heterocycles. The topological polar surface area (TPSA) is 67.3 Å². The van der Waals surface area contributed by atoms with Crippen LogP contribution in [-0.2, 0) is 10.1 Å². The summed E-state index contributed by atoms with van der Waals surface area (Å²) in [6.07, 6.45) is 2.50. The lowest BCUT2D eigenvalue weighted by Crippen LogP contribution is -1.97. The zero-order chi connectivity index (χ0) is 12.7. The van der Waals surface area contributed by atoms with Gasteiger partial charge < -0.3 is 0 Å². The molecule has 0 saturated heterocycles. The van der Waals surface area contributed by atoms with Gasteiger partial charge in [0.25, 0.3) is 10.1 Å². The van der Waals surface area contributed by atoms with Crippen molar-refractivity contribution in [3.8, 4) is 0 Å². The third-order valence-electron chi connectivity index (χ3n) is 1.87. The fourth-order valence-corrected chi connectivity index (χ4v) is 1.48. The van der Waals surface area contributed by atoms with E-state index in [0.29, 0.717) is 0 Å². The fraction of sp³-hybridized carbons (Fsp3) is 0.0833. The van der Waals surface area contributed by atoms with Crippen molar-refractivity contribution in [3.63, 3.8) is 0 Å². The molecule has 2 aromatic rings. The van der Waals surface area contributed by atoms with E-state index >= 15 is 0 Å². The molecule has 18 heavy (non-hydrogen) atoms. The summed E-state index contributed by atoms with van der Waals surface area (Å²) < 4.78 is 29.1. The molecule has 1 aromatic heterocycles. The maximum atomic E-state index is 10.3. The van der Waals surface area contributed by atoms with E-state index in [1.54, 1.807) is 0 Å². The minimum absolute atomic E-state index is 0. The maximum Gasteiger partial charge on any atom is 0.296 e. The molecule has 1 aromatic carbocycles. The zero-order valence-corrected chi connectivity index (χ0v) is 11.4. The van der Waals surface area contributed by atoms with Crippen LogP contribution in [0.25, 0.3) is 0 Å². The van der Waals surface area contributed by atoms with E-state index in [1.807, 2.05) is 18.2 Å². The van der Waals surface area contributed by atoms with Crippen molar-refractivity contribution in [2.45, 2.75) is 11.8 Å². The molecule has 1 heterocycles. The minimum atomic E-state index is -4.07. The summed E-state index contributed by atoms with van der Waals surface area (Å²) in [4.78, 5) is 3.33. The molecule has 0 atom stereocenters. The van der Waals surface area contributed by atoms with Crippen molar-refractivity contribution < 1.29 is 13.0 Å². The van der Waals surface area contributed by atoms with E-state index in [-0.39, 0.29) is 17.3 Å². The van der Waals surface area contributed by atoms with Crippen LogP contribution in [0.3, 0.4) is 0 Å². The quantitative estimate of drug-likeness (QED) is 0.819. The zero-order valence-electron chi connectivity index (χ0n) is 9.72. The molecule has 98 valence electrons. The molecule has 0 amide bonds. The van der Waals surface area contributed by atoms with Gasteiger partial charge in [0.1, 0.15) is 4.90 Å². The standard InChI is InChI=1S/C7H8.C5H5NO3S.ClH/c1-7-5-3-2-4-6-7;7-10(8,9)5-2-1-3-6-4-5;/h2-6H,1H3;1-4H,(H,7,8,9);1H. The van der Waals surface area contributed by atoms with Gasteiger partial charge in [0, 0.05) is 12.4 Å². The Kier molecular flexibility index (Phi) is 7.19. The predicted octanol–water partition coefficient (Wildman–Crippen LogP) is 2.75. The van der Waals surface area contributed by atoms with E-state index in [1.165, 1.54) is 23.9 Å². The van der Waals surface area contributed by atoms with Crippen LogP contribution < -0.4 is 0 Å². The molecule has 2 rings (SSSR count). The summed E-state index contributed by atoms with van der Waals surface area (Å²) >= 11 is 0. The van der Waals surface area contributed by atoms with Crippen LogP contribution in [0.15, 0.2) is 59.8 Å². The van der Waals surface area contributed by atoms with E-state index < -0.39 is 10.1 Å². The van der Waals surface area contributed by atoms with E-state index in [2.05, 4.69) is 24.0 Å². The number of nitrogens with zero attached hydrogens (tertiary/aromatic N) is 1. The van der Waals surface area contributed by atoms with Crippen molar-refractivity contribution in [1.82, 2.24) is 4.98 Å². The normalized spacial score (nSPS) is 9.67. The van der Waals surface area contributed by atoms with E-state index in [4.69, 9.17) is 4.55 Å². The average Bonchev–Trinajstić information content (AvgIpc) is 2.31. The maximum absolute atomic E-state index is 10.3. The SMILES string of the molecule is Cc1ccccc1.Cl.O=S(=O)(O)c1cccnc1. The largest absolute Gasteiger partial charge is 0.296 e. The first kappa shape index (κ1) is 16.6. The Bertz CT molecular complexity index is 544. The van der Waals surface area contributed by atoms with Crippen molar-refractivity contribution in [1.29, 1.82) is 0 Å². The van der Waals surface area contributed by atoms with Crippen LogP contribution in [0.5, 0.6) is 0 Å². The molecule has 0 fully saturated rings. The average molecular weight is 288 g/mol. The molecular formula is C12H14ClNO3S. The number of pyridine rings is 1. The predicted molar refractivity (Wildman–Crippen MR) is 72.5 cm³/mol. The number of halogens is 1. The van der Waals surface area contributed by atoms with Crippen LogP contribution >= 0.6 is 12.4 Å². The molecule has 0 saturated carbocycles. The Morgan fingerprint density at radius 1 is 1.06 bits per heavy atom. The molecule has 1 N–H and O–H groups in total. The van der Waals surface area contributed by atoms with Crippen LogP contribution in [0.1, 0.15) is 5.56 Å². The highest BCUT2D eigenvalue weighted by Crippen LogP contribution is 2.03. The van der Waals surface area contributed by atoms with Gasteiger partial charge in [-0.05, 0) is 19.1 Å². The summed E-state index contributed by atoms with van der Waals surface area (Å²) in [6, 6.07) is 13.0. The molecule has 4 nitrogen and oxygen atoms in total. The van der Waals surface area contributed by atoms with Gasteiger partial charge in [0.2, 0.25) is 0 Å². The highest BCUT2D eigenvalue weighted by atomic mass is 35.5. The Hall–Kier alpha value is -1.43. The number of rotatable bonds is 1. The number of hydrogen-bond donors (Lipinski definition) is 1. The Morgan fingerprint density at radius 3 is 1.94 bits per heavy atom. The highest BCUT2D eigenvalue weighted by molar-refractivity contribution is 7.85. The van der Waals surface area contributed by atoms with Crippen molar-refractivity contribution in [2.75, 3.05) is 0 Å². The first-order valence-electron chi connectivity index (χ1n) is 4.89. The Balaban J connectivity index is 0.000000321. The third-order valence-corrected chi connectivity index (χ3v) is 2.71. The van der Waals surface area contributed by atoms with Gasteiger partial charge in [-0.1, -0.05) is 35.9 Å². The van der Waals surface area contributed by atoms with E-state index in [0.717, 1.165) is 6.20 Å². The first-order valence-corrected chi connectivity index (χ1v) is 6.33. The van der Waals surface area contributed by atoms with Crippen molar-refractivity contribution >= 4 is 22.5 Å². The summed E-state index contributed by atoms with van der Waals surface area (Å²) in [5.41, 5.74) is 1.32. The van der Waals surface area contributed by atoms with Crippen LogP contribution in [0, 0.1) is 6.92 Å². The number of hydrogen-bond acceptors (Lipinski definition) is 3. The Labute approximate surface area is 113 Å². The van der Waals surface area contributed by atoms with Gasteiger partial charge in [-0.15, -0.1) is 12.4 Å². The molecule has 0 radical (unpaired) electrons. The third kappa shape index (κ3) is 6.34. The number of aromatic nitrogens is 1. The van der Waals surface area contributed by atoms with Gasteiger partial charge in [-0.25, -0.2) is 0 Å². The van der Waals surface area contributed by atoms with Gasteiger partial charge in [0.15, 0.2) is 0 Å². The molecule has 6 heteroatoms. The van der Waals surface area contributed by atoms with Gasteiger partial charge in [-0.2, -0.15) is 8.42 Å². The monoisotopic (exact) mass is 287 g/mol. The second kappa shape index (κ2) is 7.81. The fourth-order valence-electron chi connectivity index (χ4n) is 1.03. The van der Waals surface area contributed by atoms with Crippen LogP contribution in [0.4, 0.5) is 0 Å². The molecule has 0 aliphatic carbocycles. The molecule has 0 aliphatic rings. The molecular weight excluding hydrogens is 274 g/mol. The molecule has 0 spiro atoms. The summed E-state index contributed by atoms with van der Waals surface area (Å²) in [5.74, 6) is 0. The summed E-state index contributed by atoms with van der Waals surface area (Å²) in [7, 11) is -4.07. The van der Waals surface area contributed by atoms with E-state index in [9.17, 15) is 8.42 Å². The molecule has 0 bridgehead atoms. The second-order valence-electron chi connectivity index (χ2n) is 3.32. The van der Waals surface area contributed by atoms with Crippen LogP contribution in [0.2, 0.25) is 0 Å². The lowest BCUT2D eigenvalue weighted by molar-refractivity contribution is 0.483. The van der Waals surface area contributed by atoms with Gasteiger partial charge in [0.05, 0.1) is 0 Å². The lowest BCUT2D eigenvalue weighted by atomic mass is 10.2. The van der Waals surface area contributed by atoms with Crippen LogP contribution in [-0.4, -0.2) is 18.0 Å². The minimum Gasteiger partial charge on any atom is -0.282 e. The smallest absolute Gasteiger partial charge is 0.282 e. The molecule has 0 unspecified atom stereocenters. The lowest BCUT2D eigenvalue weighted by Gasteiger charge is -1.91. The first-order chi connectivity index (χ1) is 8.00. The summed E-state index contributed by atoms with van der Waals surface area (Å²) in [6.45, 7) is 2.08. The summed E-state index contributed by atoms with van der Waals surface area (Å²) in [5, 5.41) is 0. The second-order valence-corrected chi connectivity index (χ2v) is 4.74.